The van der Waals surface area contributed by atoms with Gasteiger partial charge in [-0.15, -0.1) is 0 Å². The molecule has 0 bridgehead atoms. The van der Waals surface area contributed by atoms with Crippen LogP contribution in [-0.2, 0) is 4.79 Å². The van der Waals surface area contributed by atoms with Gasteiger partial charge in [-0.3, -0.25) is 0 Å². The van der Waals surface area contributed by atoms with E-state index < -0.39 is 12.1 Å². The summed E-state index contributed by atoms with van der Waals surface area (Å²) in [4.78, 5) is 14.5. The van der Waals surface area contributed by atoms with Crippen molar-refractivity contribution in [2.45, 2.75) is 6.17 Å². The van der Waals surface area contributed by atoms with Gasteiger partial charge in [0.25, 0.3) is 0 Å². The Kier molecular flexibility index (Phi) is 2.33. The van der Waals surface area contributed by atoms with Gasteiger partial charge in [-0.1, -0.05) is 18.2 Å². The fraction of sp³-hybridized carbons (Fsp3) is 0.182. The summed E-state index contributed by atoms with van der Waals surface area (Å²) in [6.45, 7) is 0. The molecule has 4 heteroatoms. The fourth-order valence-corrected chi connectivity index (χ4v) is 1.66. The number of carboxylic acids is 1. The summed E-state index contributed by atoms with van der Waals surface area (Å²) in [5, 5.41) is 9.09. The lowest BCUT2D eigenvalue weighted by molar-refractivity contribution is -0.141. The van der Waals surface area contributed by atoms with Crippen LogP contribution in [-0.4, -0.2) is 29.2 Å². The Morgan fingerprint density at radius 3 is 2.53 bits per heavy atom. The lowest BCUT2D eigenvalue weighted by atomic mass is 10.3. The van der Waals surface area contributed by atoms with E-state index >= 15 is 0 Å². The highest BCUT2D eigenvalue weighted by atomic mass is 16.4. The minimum absolute atomic E-state index is 0.646. The molecule has 1 aliphatic rings. The van der Waals surface area contributed by atoms with E-state index in [0.717, 1.165) is 5.69 Å². The number of anilines is 1. The van der Waals surface area contributed by atoms with Gasteiger partial charge in [0.15, 0.2) is 0 Å². The first-order valence-electron chi connectivity index (χ1n) is 4.66. The number of likely N-dealkylation sites (N-methyl/N-ethyl adjacent to an activating group) is 1. The van der Waals surface area contributed by atoms with Gasteiger partial charge in [0, 0.05) is 25.1 Å². The number of carbonyl (C=O) groups is 1. The number of rotatable bonds is 2. The molecular formula is C11H12N2O2. The molecule has 0 spiro atoms. The Hall–Kier alpha value is -1.97. The molecule has 0 aliphatic carbocycles. The second-order valence-corrected chi connectivity index (χ2v) is 3.42. The maximum absolute atomic E-state index is 11.1. The van der Waals surface area contributed by atoms with Crippen molar-refractivity contribution in [1.82, 2.24) is 4.90 Å². The Labute approximate surface area is 88.0 Å². The zero-order valence-electron chi connectivity index (χ0n) is 8.37. The van der Waals surface area contributed by atoms with Crippen molar-refractivity contribution < 1.29 is 9.90 Å². The van der Waals surface area contributed by atoms with E-state index in [0.29, 0.717) is 0 Å². The molecule has 0 fully saturated rings. The van der Waals surface area contributed by atoms with Gasteiger partial charge in [-0.25, -0.2) is 4.79 Å². The molecule has 1 atom stereocenters. The van der Waals surface area contributed by atoms with E-state index in [1.807, 2.05) is 30.3 Å². The van der Waals surface area contributed by atoms with Crippen molar-refractivity contribution in [2.24, 2.45) is 0 Å². The third kappa shape index (κ3) is 1.66. The largest absolute Gasteiger partial charge is 0.478 e. The van der Waals surface area contributed by atoms with Crippen LogP contribution in [0.5, 0.6) is 0 Å². The monoisotopic (exact) mass is 204 g/mol. The highest BCUT2D eigenvalue weighted by Crippen LogP contribution is 2.23. The third-order valence-electron chi connectivity index (χ3n) is 2.39. The van der Waals surface area contributed by atoms with E-state index in [4.69, 9.17) is 5.11 Å². The van der Waals surface area contributed by atoms with Gasteiger partial charge in [0.05, 0.1) is 0 Å². The molecule has 0 saturated heterocycles. The second kappa shape index (κ2) is 3.65. The van der Waals surface area contributed by atoms with E-state index in [1.165, 1.54) is 0 Å². The predicted molar refractivity (Wildman–Crippen MR) is 57.2 cm³/mol. The highest BCUT2D eigenvalue weighted by molar-refractivity contribution is 5.79. The van der Waals surface area contributed by atoms with Gasteiger partial charge in [-0.05, 0) is 12.1 Å². The van der Waals surface area contributed by atoms with Gasteiger partial charge >= 0.3 is 5.97 Å². The number of nitrogens with zero attached hydrogens (tertiary/aromatic N) is 2. The fourth-order valence-electron chi connectivity index (χ4n) is 1.66. The molecule has 1 aromatic rings. The van der Waals surface area contributed by atoms with Gasteiger partial charge in [0.2, 0.25) is 6.17 Å². The first-order chi connectivity index (χ1) is 7.20. The van der Waals surface area contributed by atoms with Crippen molar-refractivity contribution in [3.63, 3.8) is 0 Å². The van der Waals surface area contributed by atoms with E-state index in [2.05, 4.69) is 0 Å². The molecule has 4 nitrogen and oxygen atoms in total. The van der Waals surface area contributed by atoms with Crippen LogP contribution in [0.25, 0.3) is 0 Å². The van der Waals surface area contributed by atoms with Crippen LogP contribution in [0.4, 0.5) is 5.69 Å². The van der Waals surface area contributed by atoms with Crippen LogP contribution in [0, 0.1) is 0 Å². The van der Waals surface area contributed by atoms with Crippen molar-refractivity contribution >= 4 is 11.7 Å². The number of carboxylic acid groups (broad SMARTS) is 1. The molecule has 15 heavy (non-hydrogen) atoms. The molecule has 1 aliphatic heterocycles. The summed E-state index contributed by atoms with van der Waals surface area (Å²) in [7, 11) is 1.75. The first-order valence-corrected chi connectivity index (χ1v) is 4.66. The van der Waals surface area contributed by atoms with Crippen LogP contribution in [0.1, 0.15) is 0 Å². The molecule has 78 valence electrons. The van der Waals surface area contributed by atoms with Crippen molar-refractivity contribution in [3.8, 4) is 0 Å². The van der Waals surface area contributed by atoms with Crippen LogP contribution in [0.3, 0.4) is 0 Å². The molecule has 1 unspecified atom stereocenters. The summed E-state index contributed by atoms with van der Waals surface area (Å²) < 4.78 is 0. The number of benzene rings is 1. The molecule has 0 radical (unpaired) electrons. The second-order valence-electron chi connectivity index (χ2n) is 3.42. The van der Waals surface area contributed by atoms with Crippen LogP contribution < -0.4 is 4.90 Å². The zero-order chi connectivity index (χ0) is 10.8. The van der Waals surface area contributed by atoms with Gasteiger partial charge in [-0.2, -0.15) is 0 Å². The zero-order valence-corrected chi connectivity index (χ0v) is 8.37. The Balaban J connectivity index is 2.30. The normalized spacial score (nSPS) is 19.7. The Bertz CT molecular complexity index is 389. The van der Waals surface area contributed by atoms with E-state index in [1.54, 1.807) is 29.2 Å². The Morgan fingerprint density at radius 2 is 1.93 bits per heavy atom. The summed E-state index contributed by atoms with van der Waals surface area (Å²) in [6, 6.07) is 9.46. The smallest absolute Gasteiger partial charge is 0.347 e. The maximum atomic E-state index is 11.1. The average molecular weight is 204 g/mol. The van der Waals surface area contributed by atoms with Crippen molar-refractivity contribution in [2.75, 3.05) is 11.9 Å². The molecule has 1 aromatic carbocycles. The van der Waals surface area contributed by atoms with Crippen LogP contribution >= 0.6 is 0 Å². The highest BCUT2D eigenvalue weighted by Gasteiger charge is 2.31. The molecule has 1 N–H and O–H groups in total. The van der Waals surface area contributed by atoms with E-state index in [9.17, 15) is 4.79 Å². The SMILES string of the molecule is CN1C=CN(c2ccccc2)C1C(=O)O. The molecular weight excluding hydrogens is 192 g/mol. The predicted octanol–water partition coefficient (Wildman–Crippen LogP) is 1.32. The minimum Gasteiger partial charge on any atom is -0.478 e. The summed E-state index contributed by atoms with van der Waals surface area (Å²) >= 11 is 0. The summed E-state index contributed by atoms with van der Waals surface area (Å²) in [6.07, 6.45) is 2.88. The average Bonchev–Trinajstić information content (AvgIpc) is 2.61. The lowest BCUT2D eigenvalue weighted by Crippen LogP contribution is -2.43. The lowest BCUT2D eigenvalue weighted by Gasteiger charge is -2.26. The van der Waals surface area contributed by atoms with Gasteiger partial charge in [0.1, 0.15) is 0 Å². The summed E-state index contributed by atoms with van der Waals surface area (Å²) in [5.74, 6) is -0.855. The first kappa shape index (κ1) is 9.58. The quantitative estimate of drug-likeness (QED) is 0.789. The number of hydrogen-bond acceptors (Lipinski definition) is 3. The van der Waals surface area contributed by atoms with Gasteiger partial charge < -0.3 is 14.9 Å². The van der Waals surface area contributed by atoms with Crippen LogP contribution in [0.15, 0.2) is 42.7 Å². The minimum atomic E-state index is -0.855. The molecule has 1 heterocycles. The number of hydrogen-bond donors (Lipinski definition) is 1. The Morgan fingerprint density at radius 1 is 1.27 bits per heavy atom. The molecule has 2 rings (SSSR count). The molecule has 0 amide bonds. The van der Waals surface area contributed by atoms with E-state index in [-0.39, 0.29) is 0 Å². The standard InChI is InChI=1S/C11H12N2O2/c1-12-7-8-13(10(12)11(14)15)9-5-3-2-4-6-9/h2-8,10H,1H3,(H,14,15). The molecule has 0 saturated carbocycles. The number of aliphatic carboxylic acids is 1. The topological polar surface area (TPSA) is 43.8 Å². The summed E-state index contributed by atoms with van der Waals surface area (Å²) in [5.41, 5.74) is 0.880. The van der Waals surface area contributed by atoms with Crippen molar-refractivity contribution in [1.29, 1.82) is 0 Å². The third-order valence-corrected chi connectivity index (χ3v) is 2.39. The molecule has 0 aromatic heterocycles. The number of para-hydroxylation sites is 1. The maximum Gasteiger partial charge on any atom is 0.347 e. The van der Waals surface area contributed by atoms with Crippen molar-refractivity contribution in [3.05, 3.63) is 42.7 Å². The van der Waals surface area contributed by atoms with Crippen LogP contribution in [0.2, 0.25) is 0 Å².